The Morgan fingerprint density at radius 2 is 2.00 bits per heavy atom. The van der Waals surface area contributed by atoms with Gasteiger partial charge < -0.3 is 4.98 Å². The summed E-state index contributed by atoms with van der Waals surface area (Å²) in [4.78, 5) is 13.6. The molecule has 2 nitrogen and oxygen atoms in total. The lowest BCUT2D eigenvalue weighted by atomic mass is 10.1. The van der Waals surface area contributed by atoms with Gasteiger partial charge in [0.2, 0.25) is 0 Å². The molecule has 2 rings (SSSR count). The lowest BCUT2D eigenvalue weighted by Crippen LogP contribution is -2.11. The Balaban J connectivity index is 3.10. The molecule has 0 saturated carbocycles. The molecule has 0 saturated heterocycles. The van der Waals surface area contributed by atoms with E-state index in [2.05, 4.69) is 4.98 Å². The molecule has 0 fully saturated rings. The second kappa shape index (κ2) is 2.90. The molecular formula is C10H7F2NO. The van der Waals surface area contributed by atoms with Crippen LogP contribution in [0.5, 0.6) is 0 Å². The van der Waals surface area contributed by atoms with Crippen LogP contribution in [0.2, 0.25) is 0 Å². The van der Waals surface area contributed by atoms with Crippen molar-refractivity contribution in [1.29, 1.82) is 0 Å². The molecule has 1 aromatic carbocycles. The summed E-state index contributed by atoms with van der Waals surface area (Å²) in [7, 11) is 0. The number of hydrogen-bond donors (Lipinski definition) is 1. The van der Waals surface area contributed by atoms with Crippen LogP contribution >= 0.6 is 0 Å². The number of nitrogens with one attached hydrogen (secondary N) is 1. The second-order valence-corrected chi connectivity index (χ2v) is 3.06. The second-order valence-electron chi connectivity index (χ2n) is 3.06. The van der Waals surface area contributed by atoms with E-state index in [4.69, 9.17) is 0 Å². The summed E-state index contributed by atoms with van der Waals surface area (Å²) >= 11 is 0. The van der Waals surface area contributed by atoms with E-state index in [1.165, 1.54) is 19.1 Å². The molecule has 0 amide bonds. The van der Waals surface area contributed by atoms with Gasteiger partial charge in [-0.3, -0.25) is 4.79 Å². The number of H-pyrrole nitrogens is 1. The molecule has 0 radical (unpaired) electrons. The molecule has 1 N–H and O–H groups in total. The lowest BCUT2D eigenvalue weighted by Gasteiger charge is -2.02. The number of aromatic nitrogens is 1. The molecule has 0 bridgehead atoms. The number of aryl methyl sites for hydroxylation is 1. The van der Waals surface area contributed by atoms with E-state index in [-0.39, 0.29) is 16.5 Å². The zero-order valence-corrected chi connectivity index (χ0v) is 7.40. The minimum atomic E-state index is -0.706. The summed E-state index contributed by atoms with van der Waals surface area (Å²) in [5.74, 6) is -1.29. The van der Waals surface area contributed by atoms with E-state index in [9.17, 15) is 13.6 Å². The molecule has 0 spiro atoms. The third-order valence-electron chi connectivity index (χ3n) is 2.11. The third-order valence-corrected chi connectivity index (χ3v) is 2.11. The van der Waals surface area contributed by atoms with Crippen molar-refractivity contribution in [2.24, 2.45) is 0 Å². The first-order valence-corrected chi connectivity index (χ1v) is 4.08. The predicted octanol–water partition coefficient (Wildman–Crippen LogP) is 2.11. The SMILES string of the molecule is Cc1[nH]c(=O)c2c(F)cccc2c1F. The van der Waals surface area contributed by atoms with Crippen molar-refractivity contribution in [1.82, 2.24) is 4.98 Å². The standard InChI is InChI=1S/C10H7F2NO/c1-5-9(12)6-3-2-4-7(11)8(6)10(14)13-5/h2-4H,1H3,(H,13,14). The van der Waals surface area contributed by atoms with Crippen LogP contribution in [0.25, 0.3) is 10.8 Å². The van der Waals surface area contributed by atoms with Gasteiger partial charge in [-0.15, -0.1) is 0 Å². The Morgan fingerprint density at radius 1 is 1.29 bits per heavy atom. The molecule has 4 heteroatoms. The topological polar surface area (TPSA) is 32.9 Å². The average Bonchev–Trinajstić information content (AvgIpc) is 2.14. The normalized spacial score (nSPS) is 10.8. The highest BCUT2D eigenvalue weighted by Gasteiger charge is 2.10. The molecule has 0 atom stereocenters. The van der Waals surface area contributed by atoms with Crippen LogP contribution in [0.4, 0.5) is 8.78 Å². The summed E-state index contributed by atoms with van der Waals surface area (Å²) in [6.07, 6.45) is 0. The number of fused-ring (bicyclic) bond motifs is 1. The van der Waals surface area contributed by atoms with E-state index in [1.54, 1.807) is 0 Å². The van der Waals surface area contributed by atoms with Gasteiger partial charge >= 0.3 is 0 Å². The van der Waals surface area contributed by atoms with E-state index in [0.717, 1.165) is 6.07 Å². The van der Waals surface area contributed by atoms with Crippen LogP contribution in [0.1, 0.15) is 5.69 Å². The lowest BCUT2D eigenvalue weighted by molar-refractivity contribution is 0.614. The Hall–Kier alpha value is -1.71. The van der Waals surface area contributed by atoms with E-state index >= 15 is 0 Å². The van der Waals surface area contributed by atoms with Crippen molar-refractivity contribution in [3.8, 4) is 0 Å². The van der Waals surface area contributed by atoms with Gasteiger partial charge in [-0.2, -0.15) is 0 Å². The fourth-order valence-corrected chi connectivity index (χ4v) is 1.43. The zero-order valence-electron chi connectivity index (χ0n) is 7.40. The fraction of sp³-hybridized carbons (Fsp3) is 0.100. The maximum absolute atomic E-state index is 13.4. The van der Waals surface area contributed by atoms with Crippen molar-refractivity contribution >= 4 is 10.8 Å². The van der Waals surface area contributed by atoms with E-state index in [0.29, 0.717) is 0 Å². The van der Waals surface area contributed by atoms with Gasteiger partial charge in [0.1, 0.15) is 11.6 Å². The first kappa shape index (κ1) is 8.87. The van der Waals surface area contributed by atoms with Crippen LogP contribution in [0.3, 0.4) is 0 Å². The number of halogens is 2. The van der Waals surface area contributed by atoms with Crippen molar-refractivity contribution in [3.63, 3.8) is 0 Å². The van der Waals surface area contributed by atoms with Gasteiger partial charge in [0.25, 0.3) is 5.56 Å². The highest BCUT2D eigenvalue weighted by Crippen LogP contribution is 2.17. The number of pyridine rings is 1. The number of benzene rings is 1. The van der Waals surface area contributed by atoms with Crippen LogP contribution in [0.15, 0.2) is 23.0 Å². The van der Waals surface area contributed by atoms with Gasteiger partial charge in [-0.05, 0) is 13.0 Å². The Bertz CT molecular complexity index is 560. The Kier molecular flexibility index (Phi) is 1.84. The number of hydrogen-bond acceptors (Lipinski definition) is 1. The minimum absolute atomic E-state index is 0.0197. The van der Waals surface area contributed by atoms with Crippen molar-refractivity contribution in [2.75, 3.05) is 0 Å². The molecule has 0 aliphatic rings. The van der Waals surface area contributed by atoms with E-state index in [1.807, 2.05) is 0 Å². The average molecular weight is 195 g/mol. The first-order chi connectivity index (χ1) is 6.61. The molecule has 0 aliphatic heterocycles. The van der Waals surface area contributed by atoms with Gasteiger partial charge in [0.05, 0.1) is 11.1 Å². The summed E-state index contributed by atoms with van der Waals surface area (Å²) < 4.78 is 26.6. The largest absolute Gasteiger partial charge is 0.323 e. The Labute approximate surface area is 78.2 Å². The highest BCUT2D eigenvalue weighted by molar-refractivity contribution is 5.83. The number of rotatable bonds is 0. The van der Waals surface area contributed by atoms with E-state index < -0.39 is 17.2 Å². The molecule has 14 heavy (non-hydrogen) atoms. The molecule has 0 unspecified atom stereocenters. The molecular weight excluding hydrogens is 188 g/mol. The van der Waals surface area contributed by atoms with Crippen molar-refractivity contribution in [3.05, 3.63) is 45.9 Å². The fourth-order valence-electron chi connectivity index (χ4n) is 1.43. The predicted molar refractivity (Wildman–Crippen MR) is 49.2 cm³/mol. The maximum atomic E-state index is 13.4. The smallest absolute Gasteiger partial charge is 0.259 e. The van der Waals surface area contributed by atoms with Crippen LogP contribution in [-0.2, 0) is 0 Å². The highest BCUT2D eigenvalue weighted by atomic mass is 19.1. The van der Waals surface area contributed by atoms with Gasteiger partial charge in [0, 0.05) is 5.39 Å². The summed E-state index contributed by atoms with van der Waals surface area (Å²) in [5, 5.41) is -0.207. The molecule has 72 valence electrons. The summed E-state index contributed by atoms with van der Waals surface area (Å²) in [6.45, 7) is 1.43. The van der Waals surface area contributed by atoms with Crippen molar-refractivity contribution in [2.45, 2.75) is 6.92 Å². The molecule has 1 aromatic heterocycles. The van der Waals surface area contributed by atoms with Crippen LogP contribution in [0, 0.1) is 18.6 Å². The molecule has 0 aliphatic carbocycles. The van der Waals surface area contributed by atoms with Gasteiger partial charge in [-0.1, -0.05) is 12.1 Å². The Morgan fingerprint density at radius 3 is 2.71 bits per heavy atom. The zero-order chi connectivity index (χ0) is 10.3. The van der Waals surface area contributed by atoms with Crippen LogP contribution < -0.4 is 5.56 Å². The minimum Gasteiger partial charge on any atom is -0.323 e. The van der Waals surface area contributed by atoms with Gasteiger partial charge in [-0.25, -0.2) is 8.78 Å². The third kappa shape index (κ3) is 1.11. The van der Waals surface area contributed by atoms with Gasteiger partial charge in [0.15, 0.2) is 0 Å². The first-order valence-electron chi connectivity index (χ1n) is 4.08. The quantitative estimate of drug-likeness (QED) is 0.686. The van der Waals surface area contributed by atoms with Crippen molar-refractivity contribution < 1.29 is 8.78 Å². The molecule has 2 aromatic rings. The molecule has 1 heterocycles. The maximum Gasteiger partial charge on any atom is 0.259 e. The summed E-state index contributed by atoms with van der Waals surface area (Å²) in [5.41, 5.74) is -0.481. The van der Waals surface area contributed by atoms with Crippen LogP contribution in [-0.4, -0.2) is 4.98 Å². The monoisotopic (exact) mass is 195 g/mol. The number of aromatic amines is 1. The summed E-state index contributed by atoms with van der Waals surface area (Å²) in [6, 6.07) is 3.89.